The first kappa shape index (κ1) is 19.3. The average molecular weight is 380 g/mol. The molecule has 0 radical (unpaired) electrons. The number of pyridine rings is 1. The molecule has 3 rings (SSSR count). The molecule has 1 atom stereocenters. The Hall–Kier alpha value is -1.47. The SMILES string of the molecule is CCCCS(=O)(=O)N1CCCC2(CCC(=O)N(Cc3cccnc3)C2)C1. The number of carbonyl (C=O) groups is 1. The molecule has 0 aromatic carbocycles. The molecule has 2 aliphatic rings. The van der Waals surface area contributed by atoms with Crippen LogP contribution in [0.5, 0.6) is 0 Å². The number of amides is 1. The Kier molecular flexibility index (Phi) is 5.97. The van der Waals surface area contributed by atoms with Gasteiger partial charge in [0, 0.05) is 50.4 Å². The van der Waals surface area contributed by atoms with Crippen molar-refractivity contribution in [2.45, 2.75) is 52.0 Å². The fourth-order valence-electron chi connectivity index (χ4n) is 4.15. The van der Waals surface area contributed by atoms with Gasteiger partial charge in [0.25, 0.3) is 0 Å². The van der Waals surface area contributed by atoms with Crippen LogP contribution < -0.4 is 0 Å². The first-order chi connectivity index (χ1) is 12.4. The highest BCUT2D eigenvalue weighted by Gasteiger charge is 2.44. The molecule has 6 nitrogen and oxygen atoms in total. The summed E-state index contributed by atoms with van der Waals surface area (Å²) < 4.78 is 27.0. The number of sulfonamides is 1. The molecule has 0 saturated carbocycles. The van der Waals surface area contributed by atoms with E-state index in [2.05, 4.69) is 4.98 Å². The summed E-state index contributed by atoms with van der Waals surface area (Å²) in [4.78, 5) is 18.4. The molecule has 2 aliphatic heterocycles. The molecule has 3 heterocycles. The fraction of sp³-hybridized carbons (Fsp3) is 0.684. The maximum Gasteiger partial charge on any atom is 0.222 e. The van der Waals surface area contributed by atoms with Crippen LogP contribution in [0, 0.1) is 5.41 Å². The molecule has 1 aromatic heterocycles. The molecule has 26 heavy (non-hydrogen) atoms. The summed E-state index contributed by atoms with van der Waals surface area (Å²) in [6.45, 7) is 4.37. The van der Waals surface area contributed by atoms with Gasteiger partial charge in [-0.2, -0.15) is 0 Å². The lowest BCUT2D eigenvalue weighted by molar-refractivity contribution is -0.139. The molecule has 0 aliphatic carbocycles. The molecule has 1 aromatic rings. The monoisotopic (exact) mass is 379 g/mol. The van der Waals surface area contributed by atoms with Crippen molar-refractivity contribution in [1.29, 1.82) is 0 Å². The highest BCUT2D eigenvalue weighted by Crippen LogP contribution is 2.40. The van der Waals surface area contributed by atoms with Crippen LogP contribution in [0.4, 0.5) is 0 Å². The van der Waals surface area contributed by atoms with Gasteiger partial charge in [0.2, 0.25) is 15.9 Å². The number of carbonyl (C=O) groups excluding carboxylic acids is 1. The Morgan fingerprint density at radius 3 is 2.85 bits per heavy atom. The lowest BCUT2D eigenvalue weighted by Crippen LogP contribution is -2.55. The lowest BCUT2D eigenvalue weighted by atomic mass is 9.74. The van der Waals surface area contributed by atoms with E-state index in [-0.39, 0.29) is 17.1 Å². The highest BCUT2D eigenvalue weighted by molar-refractivity contribution is 7.89. The van der Waals surface area contributed by atoms with Crippen molar-refractivity contribution in [1.82, 2.24) is 14.2 Å². The lowest BCUT2D eigenvalue weighted by Gasteiger charge is -2.47. The summed E-state index contributed by atoms with van der Waals surface area (Å²) in [5, 5.41) is 0. The minimum Gasteiger partial charge on any atom is -0.338 e. The second-order valence-corrected chi connectivity index (χ2v) is 9.81. The van der Waals surface area contributed by atoms with Gasteiger partial charge >= 0.3 is 0 Å². The van der Waals surface area contributed by atoms with Crippen molar-refractivity contribution in [2.24, 2.45) is 5.41 Å². The number of unbranched alkanes of at least 4 members (excludes halogenated alkanes) is 1. The maximum absolute atomic E-state index is 12.6. The van der Waals surface area contributed by atoms with Gasteiger partial charge in [-0.15, -0.1) is 0 Å². The topological polar surface area (TPSA) is 70.6 Å². The van der Waals surface area contributed by atoms with Crippen LogP contribution in [0.3, 0.4) is 0 Å². The standard InChI is InChI=1S/C19H29N3O3S/c1-2-3-12-26(24,25)22-11-5-8-19(16-22)9-7-18(23)21(15-19)14-17-6-4-10-20-13-17/h4,6,10,13H,2-3,5,7-9,11-12,14-16H2,1H3. The van der Waals surface area contributed by atoms with Gasteiger partial charge in [-0.05, 0) is 37.3 Å². The molecule has 2 saturated heterocycles. The Labute approximate surface area is 156 Å². The van der Waals surface area contributed by atoms with Gasteiger partial charge in [0.05, 0.1) is 5.75 Å². The van der Waals surface area contributed by atoms with Gasteiger partial charge in [-0.25, -0.2) is 12.7 Å². The number of hydrogen-bond acceptors (Lipinski definition) is 4. The Bertz CT molecular complexity index is 723. The van der Waals surface area contributed by atoms with E-state index in [1.165, 1.54) is 0 Å². The third kappa shape index (κ3) is 4.43. The average Bonchev–Trinajstić information content (AvgIpc) is 2.64. The van der Waals surface area contributed by atoms with E-state index in [1.54, 1.807) is 16.7 Å². The fourth-order valence-corrected chi connectivity index (χ4v) is 5.94. The van der Waals surface area contributed by atoms with Crippen LogP contribution in [0.2, 0.25) is 0 Å². The van der Waals surface area contributed by atoms with Gasteiger partial charge in [-0.1, -0.05) is 19.4 Å². The second-order valence-electron chi connectivity index (χ2n) is 7.72. The third-order valence-electron chi connectivity index (χ3n) is 5.62. The van der Waals surface area contributed by atoms with E-state index in [1.807, 2.05) is 24.0 Å². The number of aromatic nitrogens is 1. The number of hydrogen-bond donors (Lipinski definition) is 0. The molecule has 144 valence electrons. The zero-order valence-corrected chi connectivity index (χ0v) is 16.4. The smallest absolute Gasteiger partial charge is 0.222 e. The van der Waals surface area contributed by atoms with Crippen LogP contribution in [-0.4, -0.2) is 53.9 Å². The van der Waals surface area contributed by atoms with Crippen molar-refractivity contribution in [3.63, 3.8) is 0 Å². The number of rotatable bonds is 6. The number of likely N-dealkylation sites (tertiary alicyclic amines) is 1. The van der Waals surface area contributed by atoms with E-state index >= 15 is 0 Å². The van der Waals surface area contributed by atoms with Crippen molar-refractivity contribution in [3.8, 4) is 0 Å². The first-order valence-electron chi connectivity index (χ1n) is 9.59. The predicted octanol–water partition coefficient (Wildman–Crippen LogP) is 2.42. The summed E-state index contributed by atoms with van der Waals surface area (Å²) in [5.74, 6) is 0.392. The van der Waals surface area contributed by atoms with Crippen LogP contribution in [0.15, 0.2) is 24.5 Å². The van der Waals surface area contributed by atoms with Crippen molar-refractivity contribution >= 4 is 15.9 Å². The van der Waals surface area contributed by atoms with Crippen molar-refractivity contribution < 1.29 is 13.2 Å². The Morgan fingerprint density at radius 2 is 2.12 bits per heavy atom. The summed E-state index contributed by atoms with van der Waals surface area (Å²) >= 11 is 0. The first-order valence-corrected chi connectivity index (χ1v) is 11.2. The molecule has 1 spiro atoms. The summed E-state index contributed by atoms with van der Waals surface area (Å²) in [5.41, 5.74) is 0.911. The molecule has 1 amide bonds. The minimum atomic E-state index is -3.19. The van der Waals surface area contributed by atoms with Gasteiger partial charge in [-0.3, -0.25) is 9.78 Å². The molecular weight excluding hydrogens is 350 g/mol. The van der Waals surface area contributed by atoms with E-state index in [4.69, 9.17) is 0 Å². The maximum atomic E-state index is 12.6. The highest BCUT2D eigenvalue weighted by atomic mass is 32.2. The van der Waals surface area contributed by atoms with E-state index in [9.17, 15) is 13.2 Å². The predicted molar refractivity (Wildman–Crippen MR) is 101 cm³/mol. The van der Waals surface area contributed by atoms with Gasteiger partial charge in [0.1, 0.15) is 0 Å². The van der Waals surface area contributed by atoms with E-state index in [0.29, 0.717) is 39.0 Å². The third-order valence-corrected chi connectivity index (χ3v) is 7.52. The molecule has 0 N–H and O–H groups in total. The van der Waals surface area contributed by atoms with Crippen LogP contribution in [0.1, 0.15) is 51.0 Å². The number of nitrogens with zero attached hydrogens (tertiary/aromatic N) is 3. The second kappa shape index (κ2) is 8.05. The summed E-state index contributed by atoms with van der Waals surface area (Å²) in [6, 6.07) is 3.85. The van der Waals surface area contributed by atoms with Gasteiger partial charge < -0.3 is 4.90 Å². The van der Waals surface area contributed by atoms with Gasteiger partial charge in [0.15, 0.2) is 0 Å². The zero-order valence-electron chi connectivity index (χ0n) is 15.6. The summed E-state index contributed by atoms with van der Waals surface area (Å²) in [7, 11) is -3.19. The van der Waals surface area contributed by atoms with E-state index in [0.717, 1.165) is 31.2 Å². The molecular formula is C19H29N3O3S. The van der Waals surface area contributed by atoms with E-state index < -0.39 is 10.0 Å². The van der Waals surface area contributed by atoms with Crippen molar-refractivity contribution in [2.75, 3.05) is 25.4 Å². The number of piperidine rings is 2. The molecule has 2 fully saturated rings. The minimum absolute atomic E-state index is 0.104. The quantitative estimate of drug-likeness (QED) is 0.761. The van der Waals surface area contributed by atoms with Crippen LogP contribution in [0.25, 0.3) is 0 Å². The Morgan fingerprint density at radius 1 is 1.27 bits per heavy atom. The van der Waals surface area contributed by atoms with Crippen molar-refractivity contribution in [3.05, 3.63) is 30.1 Å². The van der Waals surface area contributed by atoms with Crippen LogP contribution >= 0.6 is 0 Å². The normalized spacial score (nSPS) is 25.0. The molecule has 7 heteroatoms. The molecule has 1 unspecified atom stereocenters. The Balaban J connectivity index is 1.71. The van der Waals surface area contributed by atoms with Crippen LogP contribution in [-0.2, 0) is 21.4 Å². The summed E-state index contributed by atoms with van der Waals surface area (Å²) in [6.07, 6.45) is 8.26. The zero-order chi connectivity index (χ0) is 18.6. The largest absolute Gasteiger partial charge is 0.338 e. The molecule has 0 bridgehead atoms.